The molecule has 2 aromatic carbocycles. The Kier molecular flexibility index (Phi) is 3.80. The molecule has 3 aromatic rings. The van der Waals surface area contributed by atoms with Crippen LogP contribution in [0.5, 0.6) is 5.75 Å². The van der Waals surface area contributed by atoms with E-state index in [1.54, 1.807) is 30.3 Å². The third-order valence-electron chi connectivity index (χ3n) is 3.49. The second kappa shape index (κ2) is 5.92. The number of phenolic OH excluding ortho intramolecular Hbond substituents is 1. The van der Waals surface area contributed by atoms with Gasteiger partial charge in [0.2, 0.25) is 0 Å². The standard InChI is InChI=1S/C17H16N4O2/c1-10-11(2)19-15-9-12(7-8-13(15)18-10)20-17(23)21-14-5-3-4-6-16(14)22/h3-9,22H,1-2H3,(H2,20,21,23). The van der Waals surface area contributed by atoms with Gasteiger partial charge in [-0.2, -0.15) is 0 Å². The molecule has 0 fully saturated rings. The van der Waals surface area contributed by atoms with Gasteiger partial charge in [0.25, 0.3) is 0 Å². The number of fused-ring (bicyclic) bond motifs is 1. The third kappa shape index (κ3) is 3.21. The third-order valence-corrected chi connectivity index (χ3v) is 3.49. The zero-order valence-corrected chi connectivity index (χ0v) is 12.8. The fourth-order valence-corrected chi connectivity index (χ4v) is 2.17. The molecular formula is C17H16N4O2. The Morgan fingerprint density at radius 1 is 0.957 bits per heavy atom. The first kappa shape index (κ1) is 14.8. The summed E-state index contributed by atoms with van der Waals surface area (Å²) >= 11 is 0. The van der Waals surface area contributed by atoms with Crippen LogP contribution in [0.25, 0.3) is 11.0 Å². The van der Waals surface area contributed by atoms with Gasteiger partial charge in [-0.15, -0.1) is 0 Å². The zero-order chi connectivity index (χ0) is 16.4. The van der Waals surface area contributed by atoms with E-state index < -0.39 is 6.03 Å². The summed E-state index contributed by atoms with van der Waals surface area (Å²) in [4.78, 5) is 20.9. The van der Waals surface area contributed by atoms with Crippen molar-refractivity contribution in [2.24, 2.45) is 0 Å². The molecule has 0 aliphatic carbocycles. The van der Waals surface area contributed by atoms with Crippen molar-refractivity contribution in [3.05, 3.63) is 53.9 Å². The van der Waals surface area contributed by atoms with Crippen LogP contribution >= 0.6 is 0 Å². The number of para-hydroxylation sites is 2. The first-order valence-corrected chi connectivity index (χ1v) is 7.14. The van der Waals surface area contributed by atoms with Gasteiger partial charge >= 0.3 is 6.03 Å². The summed E-state index contributed by atoms with van der Waals surface area (Å²) in [5, 5.41) is 15.0. The van der Waals surface area contributed by atoms with Crippen molar-refractivity contribution in [2.45, 2.75) is 13.8 Å². The van der Waals surface area contributed by atoms with Crippen LogP contribution in [0.1, 0.15) is 11.4 Å². The Hall–Kier alpha value is -3.15. The molecule has 0 bridgehead atoms. The van der Waals surface area contributed by atoms with E-state index in [9.17, 15) is 9.90 Å². The van der Waals surface area contributed by atoms with Crippen LogP contribution in [0.4, 0.5) is 16.2 Å². The molecule has 1 heterocycles. The van der Waals surface area contributed by atoms with Crippen LogP contribution < -0.4 is 10.6 Å². The molecule has 1 aromatic heterocycles. The number of anilines is 2. The summed E-state index contributed by atoms with van der Waals surface area (Å²) in [5.41, 5.74) is 4.18. The molecule has 0 radical (unpaired) electrons. The molecule has 3 N–H and O–H groups in total. The number of rotatable bonds is 2. The molecule has 0 spiro atoms. The molecule has 2 amide bonds. The molecule has 116 valence electrons. The number of phenols is 1. The lowest BCUT2D eigenvalue weighted by Gasteiger charge is -2.09. The number of carbonyl (C=O) groups is 1. The number of hydrogen-bond donors (Lipinski definition) is 3. The molecule has 0 atom stereocenters. The Bertz CT molecular complexity index is 893. The van der Waals surface area contributed by atoms with Crippen LogP contribution in [0.3, 0.4) is 0 Å². The molecular weight excluding hydrogens is 292 g/mol. The maximum atomic E-state index is 12.0. The highest BCUT2D eigenvalue weighted by atomic mass is 16.3. The minimum atomic E-state index is -0.442. The predicted octanol–water partition coefficient (Wildman–Crippen LogP) is 3.60. The molecule has 0 unspecified atom stereocenters. The van der Waals surface area contributed by atoms with Gasteiger partial charge in [-0.05, 0) is 44.2 Å². The van der Waals surface area contributed by atoms with Crippen molar-refractivity contribution in [3.63, 3.8) is 0 Å². The van der Waals surface area contributed by atoms with Gasteiger partial charge in [0, 0.05) is 5.69 Å². The first-order chi connectivity index (χ1) is 11.0. The number of aryl methyl sites for hydroxylation is 2. The largest absolute Gasteiger partial charge is 0.506 e. The summed E-state index contributed by atoms with van der Waals surface area (Å²) in [7, 11) is 0. The van der Waals surface area contributed by atoms with Crippen LogP contribution in [0.15, 0.2) is 42.5 Å². The van der Waals surface area contributed by atoms with E-state index in [0.29, 0.717) is 16.9 Å². The maximum absolute atomic E-state index is 12.0. The predicted molar refractivity (Wildman–Crippen MR) is 89.8 cm³/mol. The maximum Gasteiger partial charge on any atom is 0.323 e. The smallest absolute Gasteiger partial charge is 0.323 e. The quantitative estimate of drug-likeness (QED) is 0.631. The summed E-state index contributed by atoms with van der Waals surface area (Å²) in [5.74, 6) is 0.0122. The minimum absolute atomic E-state index is 0.0122. The average molecular weight is 308 g/mol. The highest BCUT2D eigenvalue weighted by molar-refractivity contribution is 6.01. The van der Waals surface area contributed by atoms with Crippen LogP contribution in [0, 0.1) is 13.8 Å². The van der Waals surface area contributed by atoms with Gasteiger partial charge in [0.05, 0.1) is 28.1 Å². The zero-order valence-electron chi connectivity index (χ0n) is 12.8. The van der Waals surface area contributed by atoms with Crippen LogP contribution in [-0.4, -0.2) is 21.1 Å². The van der Waals surface area contributed by atoms with Crippen LogP contribution in [0.2, 0.25) is 0 Å². The number of urea groups is 1. The lowest BCUT2D eigenvalue weighted by molar-refractivity contribution is 0.262. The molecule has 0 saturated carbocycles. The van der Waals surface area contributed by atoms with E-state index in [0.717, 1.165) is 16.9 Å². The topological polar surface area (TPSA) is 87.1 Å². The van der Waals surface area contributed by atoms with Gasteiger partial charge in [-0.1, -0.05) is 12.1 Å². The summed E-state index contributed by atoms with van der Waals surface area (Å²) < 4.78 is 0. The monoisotopic (exact) mass is 308 g/mol. The highest BCUT2D eigenvalue weighted by Gasteiger charge is 2.07. The number of aromatic nitrogens is 2. The van der Waals surface area contributed by atoms with Crippen molar-refractivity contribution in [1.82, 2.24) is 9.97 Å². The molecule has 23 heavy (non-hydrogen) atoms. The normalized spacial score (nSPS) is 10.5. The second-order valence-corrected chi connectivity index (χ2v) is 5.19. The minimum Gasteiger partial charge on any atom is -0.506 e. The fraction of sp³-hybridized carbons (Fsp3) is 0.118. The SMILES string of the molecule is Cc1nc2ccc(NC(=O)Nc3ccccc3O)cc2nc1C. The Balaban J connectivity index is 1.80. The van der Waals surface area contributed by atoms with Crippen molar-refractivity contribution in [2.75, 3.05) is 10.6 Å². The van der Waals surface area contributed by atoms with Crippen molar-refractivity contribution < 1.29 is 9.90 Å². The van der Waals surface area contributed by atoms with E-state index >= 15 is 0 Å². The van der Waals surface area contributed by atoms with E-state index in [-0.39, 0.29) is 5.75 Å². The van der Waals surface area contributed by atoms with Gasteiger partial charge in [-0.25, -0.2) is 14.8 Å². The number of nitrogens with one attached hydrogen (secondary N) is 2. The average Bonchev–Trinajstić information content (AvgIpc) is 2.51. The highest BCUT2D eigenvalue weighted by Crippen LogP contribution is 2.22. The van der Waals surface area contributed by atoms with Gasteiger partial charge in [0.15, 0.2) is 0 Å². The second-order valence-electron chi connectivity index (χ2n) is 5.19. The molecule has 0 aliphatic rings. The number of aromatic hydroxyl groups is 1. The number of carbonyl (C=O) groups excluding carboxylic acids is 1. The molecule has 3 rings (SSSR count). The number of benzene rings is 2. The molecule has 6 nitrogen and oxygen atoms in total. The van der Waals surface area contributed by atoms with E-state index in [2.05, 4.69) is 20.6 Å². The number of hydrogen-bond acceptors (Lipinski definition) is 4. The Morgan fingerprint density at radius 2 is 1.65 bits per heavy atom. The van der Waals surface area contributed by atoms with Gasteiger partial charge in [0.1, 0.15) is 5.75 Å². The van der Waals surface area contributed by atoms with Crippen molar-refractivity contribution in [1.29, 1.82) is 0 Å². The van der Waals surface area contributed by atoms with E-state index in [4.69, 9.17) is 0 Å². The number of nitrogens with zero attached hydrogens (tertiary/aromatic N) is 2. The van der Waals surface area contributed by atoms with E-state index in [1.165, 1.54) is 6.07 Å². The summed E-state index contributed by atoms with van der Waals surface area (Å²) in [6.45, 7) is 3.81. The molecule has 6 heteroatoms. The van der Waals surface area contributed by atoms with Gasteiger partial charge in [-0.3, -0.25) is 0 Å². The van der Waals surface area contributed by atoms with Gasteiger partial charge < -0.3 is 15.7 Å². The molecule has 0 aliphatic heterocycles. The fourth-order valence-electron chi connectivity index (χ4n) is 2.17. The lowest BCUT2D eigenvalue weighted by Crippen LogP contribution is -2.19. The summed E-state index contributed by atoms with van der Waals surface area (Å²) in [6.07, 6.45) is 0. The number of amides is 2. The first-order valence-electron chi connectivity index (χ1n) is 7.14. The van der Waals surface area contributed by atoms with Crippen molar-refractivity contribution in [3.8, 4) is 5.75 Å². The van der Waals surface area contributed by atoms with Crippen molar-refractivity contribution >= 4 is 28.4 Å². The molecule has 0 saturated heterocycles. The van der Waals surface area contributed by atoms with Crippen LogP contribution in [-0.2, 0) is 0 Å². The Labute approximate surface area is 133 Å². The lowest BCUT2D eigenvalue weighted by atomic mass is 10.2. The van der Waals surface area contributed by atoms with E-state index in [1.807, 2.05) is 19.9 Å². The summed E-state index contributed by atoms with van der Waals surface area (Å²) in [6, 6.07) is 11.4. The Morgan fingerprint density at radius 3 is 2.39 bits per heavy atom.